The van der Waals surface area contributed by atoms with Gasteiger partial charge >= 0.3 is 5.97 Å². The smallest absolute Gasteiger partial charge is 0.338 e. The number of nitrogens with two attached hydrogens (primary N) is 1. The van der Waals surface area contributed by atoms with Crippen LogP contribution in [0, 0.1) is 17.1 Å². The first-order valence-corrected chi connectivity index (χ1v) is 10.9. The molecule has 0 fully saturated rings. The fraction of sp³-hybridized carbons (Fsp3) is 0.0769. The molecule has 0 amide bonds. The van der Waals surface area contributed by atoms with E-state index >= 15 is 0 Å². The summed E-state index contributed by atoms with van der Waals surface area (Å²) in [5, 5.41) is 9.20. The van der Waals surface area contributed by atoms with Crippen molar-refractivity contribution >= 4 is 23.1 Å². The maximum absolute atomic E-state index is 14.9. The number of imidazole rings is 1. The fourth-order valence-electron chi connectivity index (χ4n) is 3.79. The van der Waals surface area contributed by atoms with Crippen molar-refractivity contribution in [2.75, 3.05) is 5.73 Å². The van der Waals surface area contributed by atoms with Gasteiger partial charge in [0.2, 0.25) is 5.95 Å². The molecule has 0 aliphatic heterocycles. The molecule has 0 radical (unpaired) electrons. The number of benzene rings is 2. The third-order valence-electron chi connectivity index (χ3n) is 5.50. The number of anilines is 1. The Morgan fingerprint density at radius 2 is 1.94 bits per heavy atom. The van der Waals surface area contributed by atoms with Crippen molar-refractivity contribution in [3.8, 4) is 17.3 Å². The SMILES string of the molecule is N#Cc1cncc(-c2nc(N)nc3c2ncn3Cc2c(F)cccc2C(=O)OCc2ccccc2)c1. The van der Waals surface area contributed by atoms with Crippen LogP contribution in [0.1, 0.15) is 27.0 Å². The molecule has 36 heavy (non-hydrogen) atoms. The van der Waals surface area contributed by atoms with Crippen LogP contribution in [0.2, 0.25) is 0 Å². The summed E-state index contributed by atoms with van der Waals surface area (Å²) in [6, 6.07) is 17.1. The topological polar surface area (TPSA) is 133 Å². The molecule has 0 saturated carbocycles. The van der Waals surface area contributed by atoms with Crippen molar-refractivity contribution in [1.29, 1.82) is 5.26 Å². The highest BCUT2D eigenvalue weighted by atomic mass is 19.1. The molecule has 2 N–H and O–H groups in total. The van der Waals surface area contributed by atoms with Gasteiger partial charge in [0.05, 0.1) is 24.0 Å². The van der Waals surface area contributed by atoms with Gasteiger partial charge in [0, 0.05) is 23.5 Å². The van der Waals surface area contributed by atoms with Crippen LogP contribution in [0.25, 0.3) is 22.4 Å². The third kappa shape index (κ3) is 4.45. The molecule has 3 aromatic heterocycles. The highest BCUT2D eigenvalue weighted by Gasteiger charge is 2.20. The first-order chi connectivity index (χ1) is 17.5. The lowest BCUT2D eigenvalue weighted by Gasteiger charge is -2.12. The summed E-state index contributed by atoms with van der Waals surface area (Å²) in [7, 11) is 0. The minimum atomic E-state index is -0.646. The Morgan fingerprint density at radius 3 is 2.75 bits per heavy atom. The van der Waals surface area contributed by atoms with Crippen molar-refractivity contribution in [2.45, 2.75) is 13.2 Å². The standard InChI is InChI=1S/C26H18FN7O2/c27-21-8-4-7-19(25(35)36-14-16-5-2-1-3-6-16)20(21)13-34-15-31-23-22(32-26(29)33-24(23)34)18-9-17(10-28)11-30-12-18/h1-9,11-12,15H,13-14H2,(H2,29,32,33). The van der Waals surface area contributed by atoms with E-state index in [9.17, 15) is 14.4 Å². The molecule has 0 unspecified atom stereocenters. The summed E-state index contributed by atoms with van der Waals surface area (Å²) in [6.07, 6.45) is 4.44. The van der Waals surface area contributed by atoms with Crippen molar-refractivity contribution in [2.24, 2.45) is 0 Å². The number of nitriles is 1. The number of carbonyl (C=O) groups is 1. The quantitative estimate of drug-likeness (QED) is 0.363. The van der Waals surface area contributed by atoms with E-state index in [0.717, 1.165) is 5.56 Å². The summed E-state index contributed by atoms with van der Waals surface area (Å²) in [5.74, 6) is -1.25. The number of carbonyl (C=O) groups excluding carboxylic acids is 1. The normalized spacial score (nSPS) is 10.8. The Hall–Kier alpha value is -5.17. The zero-order valence-electron chi connectivity index (χ0n) is 18.8. The number of rotatable bonds is 6. The van der Waals surface area contributed by atoms with Crippen LogP contribution in [-0.4, -0.2) is 30.5 Å². The second kappa shape index (κ2) is 9.60. The van der Waals surface area contributed by atoms with Gasteiger partial charge < -0.3 is 15.0 Å². The Morgan fingerprint density at radius 1 is 1.11 bits per heavy atom. The molecule has 9 nitrogen and oxygen atoms in total. The average molecular weight is 479 g/mol. The van der Waals surface area contributed by atoms with Crippen LogP contribution in [0.15, 0.2) is 73.3 Å². The van der Waals surface area contributed by atoms with Gasteiger partial charge in [-0.3, -0.25) is 4.98 Å². The first-order valence-electron chi connectivity index (χ1n) is 10.9. The molecule has 0 spiro atoms. The highest BCUT2D eigenvalue weighted by molar-refractivity contribution is 5.91. The van der Waals surface area contributed by atoms with E-state index in [1.165, 1.54) is 30.7 Å². The molecular weight excluding hydrogens is 461 g/mol. The van der Waals surface area contributed by atoms with Gasteiger partial charge in [-0.25, -0.2) is 19.2 Å². The highest BCUT2D eigenvalue weighted by Crippen LogP contribution is 2.27. The van der Waals surface area contributed by atoms with Gasteiger partial charge in [-0.2, -0.15) is 10.2 Å². The fourth-order valence-corrected chi connectivity index (χ4v) is 3.79. The van der Waals surface area contributed by atoms with Gasteiger partial charge in [0.15, 0.2) is 5.65 Å². The Kier molecular flexibility index (Phi) is 6.03. The van der Waals surface area contributed by atoms with Crippen molar-refractivity contribution < 1.29 is 13.9 Å². The number of hydrogen-bond donors (Lipinski definition) is 1. The van der Waals surface area contributed by atoms with Crippen molar-refractivity contribution in [1.82, 2.24) is 24.5 Å². The molecule has 5 aromatic rings. The summed E-state index contributed by atoms with van der Waals surface area (Å²) >= 11 is 0. The number of nitrogens with zero attached hydrogens (tertiary/aromatic N) is 6. The maximum atomic E-state index is 14.9. The second-order valence-electron chi connectivity index (χ2n) is 7.88. The molecule has 0 aliphatic carbocycles. The lowest BCUT2D eigenvalue weighted by atomic mass is 10.1. The predicted molar refractivity (Wildman–Crippen MR) is 129 cm³/mol. The van der Waals surface area contributed by atoms with Crippen LogP contribution < -0.4 is 5.73 Å². The third-order valence-corrected chi connectivity index (χ3v) is 5.50. The minimum Gasteiger partial charge on any atom is -0.457 e. The van der Waals surface area contributed by atoms with E-state index in [1.807, 2.05) is 36.4 Å². The van der Waals surface area contributed by atoms with Crippen LogP contribution in [-0.2, 0) is 17.9 Å². The van der Waals surface area contributed by atoms with Crippen LogP contribution in [0.4, 0.5) is 10.3 Å². The van der Waals surface area contributed by atoms with Gasteiger partial charge in [-0.05, 0) is 23.8 Å². The maximum Gasteiger partial charge on any atom is 0.338 e. The summed E-state index contributed by atoms with van der Waals surface area (Å²) in [4.78, 5) is 29.9. The van der Waals surface area contributed by atoms with Crippen LogP contribution in [0.5, 0.6) is 0 Å². The molecule has 10 heteroatoms. The van der Waals surface area contributed by atoms with Crippen molar-refractivity contribution in [3.63, 3.8) is 0 Å². The van der Waals surface area contributed by atoms with Crippen molar-refractivity contribution in [3.05, 3.63) is 101 Å². The van der Waals surface area contributed by atoms with E-state index in [-0.39, 0.29) is 30.2 Å². The molecule has 5 rings (SSSR count). The number of fused-ring (bicyclic) bond motifs is 1. The van der Waals surface area contributed by atoms with Gasteiger partial charge in [-0.1, -0.05) is 36.4 Å². The number of aromatic nitrogens is 5. The molecular formula is C26H18FN7O2. The molecule has 176 valence electrons. The molecule has 0 aliphatic rings. The van der Waals surface area contributed by atoms with Crippen LogP contribution >= 0.6 is 0 Å². The zero-order valence-corrected chi connectivity index (χ0v) is 18.8. The van der Waals surface area contributed by atoms with Crippen LogP contribution in [0.3, 0.4) is 0 Å². The number of hydrogen-bond acceptors (Lipinski definition) is 8. The van der Waals surface area contributed by atoms with Gasteiger partial charge in [-0.15, -0.1) is 0 Å². The summed E-state index contributed by atoms with van der Waals surface area (Å²) in [5.41, 5.74) is 9.01. The van der Waals surface area contributed by atoms with E-state index in [1.54, 1.807) is 16.8 Å². The first kappa shape index (κ1) is 22.6. The monoisotopic (exact) mass is 479 g/mol. The van der Waals surface area contributed by atoms with E-state index in [0.29, 0.717) is 28.0 Å². The molecule has 0 bridgehead atoms. The van der Waals surface area contributed by atoms with E-state index in [2.05, 4.69) is 19.9 Å². The Balaban J connectivity index is 1.50. The number of nitrogen functional groups attached to an aromatic ring is 1. The Labute approximate surface area is 204 Å². The molecule has 0 saturated heterocycles. The lowest BCUT2D eigenvalue weighted by Crippen LogP contribution is -2.13. The molecule has 2 aromatic carbocycles. The van der Waals surface area contributed by atoms with Gasteiger partial charge in [0.25, 0.3) is 0 Å². The average Bonchev–Trinajstić information content (AvgIpc) is 3.30. The number of halogens is 1. The minimum absolute atomic E-state index is 0.0300. The summed E-state index contributed by atoms with van der Waals surface area (Å²) in [6.45, 7) is 0.0118. The number of pyridine rings is 1. The number of esters is 1. The molecule has 0 atom stereocenters. The van der Waals surface area contributed by atoms with E-state index < -0.39 is 11.8 Å². The van der Waals surface area contributed by atoms with Gasteiger partial charge in [0.1, 0.15) is 29.7 Å². The largest absolute Gasteiger partial charge is 0.457 e. The summed E-state index contributed by atoms with van der Waals surface area (Å²) < 4.78 is 21.9. The predicted octanol–water partition coefficient (Wildman–Crippen LogP) is 3.89. The zero-order chi connectivity index (χ0) is 25.1. The molecule has 3 heterocycles. The lowest BCUT2D eigenvalue weighted by molar-refractivity contribution is 0.0470. The Bertz CT molecular complexity index is 1630. The van der Waals surface area contributed by atoms with E-state index in [4.69, 9.17) is 10.5 Å². The number of ether oxygens (including phenoxy) is 1. The second-order valence-corrected chi connectivity index (χ2v) is 7.88.